The molecule has 0 unspecified atom stereocenters. The minimum Gasteiger partial charge on any atom is -0.478 e. The highest BCUT2D eigenvalue weighted by Crippen LogP contribution is 2.18. The first-order valence-electron chi connectivity index (χ1n) is 9.08. The van der Waals surface area contributed by atoms with Gasteiger partial charge in [-0.2, -0.15) is 0 Å². The number of hydrogen-bond donors (Lipinski definition) is 3. The first kappa shape index (κ1) is 21.8. The second kappa shape index (κ2) is 10.3. The number of aromatic carboxylic acids is 1. The molecule has 0 bridgehead atoms. The Morgan fingerprint density at radius 3 is 2.61 bits per heavy atom. The summed E-state index contributed by atoms with van der Waals surface area (Å²) in [6.45, 7) is 4.25. The van der Waals surface area contributed by atoms with Crippen LogP contribution in [0.2, 0.25) is 0 Å². The molecule has 2 heterocycles. The Balaban J connectivity index is 1.57. The topological polar surface area (TPSA) is 139 Å². The van der Waals surface area contributed by atoms with Gasteiger partial charge in [0, 0.05) is 12.2 Å². The summed E-state index contributed by atoms with van der Waals surface area (Å²) in [5.41, 5.74) is 0.626. The van der Waals surface area contributed by atoms with Crippen LogP contribution >= 0.6 is 11.8 Å². The maximum atomic E-state index is 12.2. The van der Waals surface area contributed by atoms with Gasteiger partial charge in [-0.3, -0.25) is 9.59 Å². The minimum absolute atomic E-state index is 0.0642. The van der Waals surface area contributed by atoms with Crippen LogP contribution < -0.4 is 10.6 Å². The molecule has 31 heavy (non-hydrogen) atoms. The Morgan fingerprint density at radius 1 is 1.19 bits per heavy atom. The van der Waals surface area contributed by atoms with Gasteiger partial charge in [-0.05, 0) is 36.4 Å². The maximum Gasteiger partial charge on any atom is 0.335 e. The van der Waals surface area contributed by atoms with Crippen LogP contribution in [0, 0.1) is 0 Å². The molecule has 0 aliphatic carbocycles. The molecule has 0 aliphatic rings. The monoisotopic (exact) mass is 441 g/mol. The number of nitrogens with zero attached hydrogens (tertiary/aromatic N) is 3. The number of anilines is 1. The van der Waals surface area contributed by atoms with Gasteiger partial charge in [0.2, 0.25) is 5.91 Å². The molecule has 0 aliphatic heterocycles. The van der Waals surface area contributed by atoms with Crippen molar-refractivity contribution in [1.29, 1.82) is 0 Å². The summed E-state index contributed by atoms with van der Waals surface area (Å²) in [5.74, 6) is -0.931. The number of carbonyl (C=O) groups is 3. The van der Waals surface area contributed by atoms with Crippen LogP contribution in [0.1, 0.15) is 26.7 Å². The van der Waals surface area contributed by atoms with E-state index < -0.39 is 5.97 Å². The number of amides is 2. The first-order chi connectivity index (χ1) is 15.0. The van der Waals surface area contributed by atoms with E-state index in [4.69, 9.17) is 9.52 Å². The molecular weight excluding hydrogens is 422 g/mol. The third-order valence-electron chi connectivity index (χ3n) is 4.01. The molecule has 3 aromatic rings. The molecule has 160 valence electrons. The molecular formula is C20H19N5O5S. The summed E-state index contributed by atoms with van der Waals surface area (Å²) in [4.78, 5) is 35.1. The summed E-state index contributed by atoms with van der Waals surface area (Å²) in [7, 11) is 0. The molecule has 0 radical (unpaired) electrons. The third kappa shape index (κ3) is 5.82. The second-order valence-corrected chi connectivity index (χ2v) is 7.12. The van der Waals surface area contributed by atoms with Crippen molar-refractivity contribution in [3.63, 3.8) is 0 Å². The van der Waals surface area contributed by atoms with Crippen molar-refractivity contribution < 1.29 is 23.9 Å². The average molecular weight is 441 g/mol. The molecule has 11 heteroatoms. The van der Waals surface area contributed by atoms with E-state index >= 15 is 0 Å². The number of benzene rings is 1. The standard InChI is InChI=1S/C20H19N5O5S/c1-2-9-25-16(11-21-18(27)15-4-3-10-30-15)23-24-20(25)31-12-17(26)22-14-7-5-13(6-8-14)19(28)29/h2-8,10H,1,9,11-12H2,(H,21,27)(H,22,26)(H,28,29). The van der Waals surface area contributed by atoms with Gasteiger partial charge in [0.05, 0.1) is 24.1 Å². The Hall–Kier alpha value is -3.86. The van der Waals surface area contributed by atoms with Gasteiger partial charge in [0.25, 0.3) is 5.91 Å². The van der Waals surface area contributed by atoms with Gasteiger partial charge in [-0.25, -0.2) is 4.79 Å². The van der Waals surface area contributed by atoms with E-state index in [9.17, 15) is 14.4 Å². The van der Waals surface area contributed by atoms with Crippen molar-refractivity contribution >= 4 is 35.2 Å². The van der Waals surface area contributed by atoms with Gasteiger partial charge in [-0.15, -0.1) is 16.8 Å². The number of furan rings is 1. The number of hydrogen-bond acceptors (Lipinski definition) is 7. The molecule has 2 aromatic heterocycles. The lowest BCUT2D eigenvalue weighted by Crippen LogP contribution is -2.24. The molecule has 0 saturated carbocycles. The van der Waals surface area contributed by atoms with Crippen molar-refractivity contribution in [3.8, 4) is 0 Å². The lowest BCUT2D eigenvalue weighted by Gasteiger charge is -2.09. The van der Waals surface area contributed by atoms with Crippen LogP contribution in [0.5, 0.6) is 0 Å². The number of allylic oxidation sites excluding steroid dienone is 1. The van der Waals surface area contributed by atoms with Crippen LogP contribution in [0.4, 0.5) is 5.69 Å². The maximum absolute atomic E-state index is 12.2. The minimum atomic E-state index is -1.04. The van der Waals surface area contributed by atoms with Crippen molar-refractivity contribution in [3.05, 3.63) is 72.5 Å². The lowest BCUT2D eigenvalue weighted by molar-refractivity contribution is -0.113. The predicted molar refractivity (Wildman–Crippen MR) is 113 cm³/mol. The zero-order valence-corrected chi connectivity index (χ0v) is 17.1. The SMILES string of the molecule is C=CCn1c(CNC(=O)c2ccco2)nnc1SCC(=O)Nc1ccc(C(=O)O)cc1. The van der Waals surface area contributed by atoms with Crippen LogP contribution in [-0.4, -0.2) is 43.4 Å². The predicted octanol–water partition coefficient (Wildman–Crippen LogP) is 2.42. The lowest BCUT2D eigenvalue weighted by atomic mass is 10.2. The first-order valence-corrected chi connectivity index (χ1v) is 10.1. The third-order valence-corrected chi connectivity index (χ3v) is 4.97. The molecule has 10 nitrogen and oxygen atoms in total. The highest BCUT2D eigenvalue weighted by Gasteiger charge is 2.16. The molecule has 0 atom stereocenters. The molecule has 0 spiro atoms. The largest absolute Gasteiger partial charge is 0.478 e. The fourth-order valence-electron chi connectivity index (χ4n) is 2.55. The summed E-state index contributed by atoms with van der Waals surface area (Å²) >= 11 is 1.18. The summed E-state index contributed by atoms with van der Waals surface area (Å²) in [6, 6.07) is 9.04. The van der Waals surface area contributed by atoms with E-state index in [2.05, 4.69) is 27.4 Å². The number of thioether (sulfide) groups is 1. The van der Waals surface area contributed by atoms with Gasteiger partial charge in [0.1, 0.15) is 0 Å². The Bertz CT molecular complexity index is 1080. The summed E-state index contributed by atoms with van der Waals surface area (Å²) < 4.78 is 6.79. The van der Waals surface area contributed by atoms with E-state index in [0.29, 0.717) is 23.2 Å². The summed E-state index contributed by atoms with van der Waals surface area (Å²) in [6.07, 6.45) is 3.07. The van der Waals surface area contributed by atoms with Crippen LogP contribution in [0.25, 0.3) is 0 Å². The average Bonchev–Trinajstić information content (AvgIpc) is 3.42. The number of carboxylic acid groups (broad SMARTS) is 1. The van der Waals surface area contributed by atoms with E-state index in [0.717, 1.165) is 0 Å². The van der Waals surface area contributed by atoms with Crippen molar-refractivity contribution in [2.75, 3.05) is 11.1 Å². The highest BCUT2D eigenvalue weighted by molar-refractivity contribution is 7.99. The molecule has 0 saturated heterocycles. The number of rotatable bonds is 10. The Morgan fingerprint density at radius 2 is 1.97 bits per heavy atom. The highest BCUT2D eigenvalue weighted by atomic mass is 32.2. The van der Waals surface area contributed by atoms with Crippen molar-refractivity contribution in [2.45, 2.75) is 18.2 Å². The zero-order chi connectivity index (χ0) is 22.2. The van der Waals surface area contributed by atoms with Crippen LogP contribution in [0.3, 0.4) is 0 Å². The molecule has 3 N–H and O–H groups in total. The van der Waals surface area contributed by atoms with E-state index in [1.165, 1.54) is 42.3 Å². The van der Waals surface area contributed by atoms with E-state index in [1.54, 1.807) is 22.8 Å². The fraction of sp³-hybridized carbons (Fsp3) is 0.150. The molecule has 2 amide bonds. The van der Waals surface area contributed by atoms with E-state index in [1.807, 2.05) is 0 Å². The number of carbonyl (C=O) groups excluding carboxylic acids is 2. The van der Waals surface area contributed by atoms with Crippen LogP contribution in [-0.2, 0) is 17.9 Å². The zero-order valence-electron chi connectivity index (χ0n) is 16.3. The van der Waals surface area contributed by atoms with Gasteiger partial charge < -0.3 is 24.7 Å². The smallest absolute Gasteiger partial charge is 0.335 e. The van der Waals surface area contributed by atoms with Gasteiger partial charge >= 0.3 is 5.97 Å². The normalized spacial score (nSPS) is 10.5. The molecule has 1 aromatic carbocycles. The molecule has 3 rings (SSSR count). The molecule has 0 fully saturated rings. The Labute approximate surface area is 181 Å². The number of nitrogens with one attached hydrogen (secondary N) is 2. The van der Waals surface area contributed by atoms with E-state index in [-0.39, 0.29) is 35.4 Å². The fourth-order valence-corrected chi connectivity index (χ4v) is 3.31. The quantitative estimate of drug-likeness (QED) is 0.322. The van der Waals surface area contributed by atoms with Gasteiger partial charge in [0.15, 0.2) is 16.7 Å². The second-order valence-electron chi connectivity index (χ2n) is 6.18. The van der Waals surface area contributed by atoms with Crippen LogP contribution in [0.15, 0.2) is 64.9 Å². The summed E-state index contributed by atoms with van der Waals surface area (Å²) in [5, 5.41) is 23.0. The van der Waals surface area contributed by atoms with Crippen molar-refractivity contribution in [1.82, 2.24) is 20.1 Å². The number of aromatic nitrogens is 3. The Kier molecular flexibility index (Phi) is 7.22. The number of carboxylic acids is 1. The van der Waals surface area contributed by atoms with Crippen molar-refractivity contribution in [2.24, 2.45) is 0 Å². The van der Waals surface area contributed by atoms with Gasteiger partial charge in [-0.1, -0.05) is 17.8 Å².